The Labute approximate surface area is 174 Å². The summed E-state index contributed by atoms with van der Waals surface area (Å²) in [6.45, 7) is 0. The molecule has 1 aromatic heterocycles. The van der Waals surface area contributed by atoms with Crippen LogP contribution in [0.15, 0.2) is 71.9 Å². The van der Waals surface area contributed by atoms with E-state index in [-0.39, 0.29) is 17.1 Å². The molecule has 0 fully saturated rings. The number of rotatable bonds is 3. The van der Waals surface area contributed by atoms with Crippen molar-refractivity contribution in [2.75, 3.05) is 7.05 Å². The average molecular weight is 428 g/mol. The van der Waals surface area contributed by atoms with Gasteiger partial charge in [-0.3, -0.25) is 14.7 Å². The molecule has 9 heteroatoms. The number of carbonyl (C=O) groups excluding carboxylic acids is 1. The predicted octanol–water partition coefficient (Wildman–Crippen LogP) is 3.94. The summed E-state index contributed by atoms with van der Waals surface area (Å²) in [7, 11) is 1.33. The van der Waals surface area contributed by atoms with Gasteiger partial charge in [-0.25, -0.2) is 9.38 Å². The largest absolute Gasteiger partial charge is 0.433 e. The molecular weight excluding hydrogens is 412 g/mol. The van der Waals surface area contributed by atoms with Gasteiger partial charge in [0.1, 0.15) is 11.5 Å². The van der Waals surface area contributed by atoms with Crippen molar-refractivity contribution in [3.63, 3.8) is 0 Å². The molecule has 4 rings (SSSR count). The summed E-state index contributed by atoms with van der Waals surface area (Å²) in [5.41, 5.74) is 3.42. The predicted molar refractivity (Wildman–Crippen MR) is 106 cm³/mol. The van der Waals surface area contributed by atoms with E-state index in [0.717, 1.165) is 22.7 Å². The fourth-order valence-corrected chi connectivity index (χ4v) is 3.58. The summed E-state index contributed by atoms with van der Waals surface area (Å²) < 4.78 is 55.0. The molecule has 31 heavy (non-hydrogen) atoms. The molecule has 1 amide bonds. The molecule has 5 nitrogen and oxygen atoms in total. The number of carbonyl (C=O) groups is 1. The van der Waals surface area contributed by atoms with Gasteiger partial charge in [-0.05, 0) is 41.0 Å². The number of alkyl halides is 3. The maximum atomic E-state index is 15.1. The second-order valence-corrected chi connectivity index (χ2v) is 7.03. The van der Waals surface area contributed by atoms with Crippen LogP contribution in [0, 0.1) is 5.82 Å². The maximum absolute atomic E-state index is 15.1. The van der Waals surface area contributed by atoms with Crippen LogP contribution in [-0.2, 0) is 16.5 Å². The van der Waals surface area contributed by atoms with Gasteiger partial charge < -0.3 is 5.73 Å². The van der Waals surface area contributed by atoms with Crippen LogP contribution in [0.1, 0.15) is 16.8 Å². The highest BCUT2D eigenvalue weighted by Gasteiger charge is 2.51. The molecule has 0 radical (unpaired) electrons. The Morgan fingerprint density at radius 2 is 1.71 bits per heavy atom. The number of benzene rings is 2. The Bertz CT molecular complexity index is 1190. The van der Waals surface area contributed by atoms with E-state index in [2.05, 4.69) is 9.98 Å². The van der Waals surface area contributed by atoms with E-state index in [0.29, 0.717) is 11.6 Å². The number of guanidine groups is 1. The highest BCUT2D eigenvalue weighted by atomic mass is 19.4. The zero-order valence-electron chi connectivity index (χ0n) is 16.2. The van der Waals surface area contributed by atoms with E-state index in [9.17, 15) is 18.0 Å². The number of hydrogen-bond donors (Lipinski definition) is 1. The van der Waals surface area contributed by atoms with Crippen LogP contribution in [0.4, 0.5) is 17.6 Å². The molecule has 0 bridgehead atoms. The zero-order chi connectivity index (χ0) is 22.4. The van der Waals surface area contributed by atoms with Crippen LogP contribution in [0.5, 0.6) is 0 Å². The first-order chi connectivity index (χ1) is 14.6. The van der Waals surface area contributed by atoms with Crippen molar-refractivity contribution in [1.29, 1.82) is 0 Å². The Balaban J connectivity index is 2.00. The van der Waals surface area contributed by atoms with Crippen molar-refractivity contribution in [2.45, 2.75) is 11.7 Å². The number of halogens is 4. The monoisotopic (exact) mass is 428 g/mol. The molecule has 0 saturated heterocycles. The third-order valence-electron chi connectivity index (χ3n) is 5.17. The fraction of sp³-hybridized carbons (Fsp3) is 0.136. The molecule has 2 heterocycles. The molecule has 1 aliphatic heterocycles. The van der Waals surface area contributed by atoms with Gasteiger partial charge in [-0.15, -0.1) is 0 Å². The van der Waals surface area contributed by atoms with Crippen LogP contribution < -0.4 is 5.73 Å². The molecule has 1 aliphatic rings. The van der Waals surface area contributed by atoms with Crippen molar-refractivity contribution in [3.05, 3.63) is 89.5 Å². The number of hydrogen-bond acceptors (Lipinski definition) is 4. The molecule has 2 aromatic carbocycles. The van der Waals surface area contributed by atoms with Crippen molar-refractivity contribution < 1.29 is 22.4 Å². The maximum Gasteiger partial charge on any atom is 0.433 e. The Morgan fingerprint density at radius 3 is 2.32 bits per heavy atom. The van der Waals surface area contributed by atoms with E-state index < -0.39 is 29.1 Å². The third kappa shape index (κ3) is 3.31. The van der Waals surface area contributed by atoms with Gasteiger partial charge in [0.25, 0.3) is 5.91 Å². The van der Waals surface area contributed by atoms with Gasteiger partial charge in [-0.2, -0.15) is 13.2 Å². The van der Waals surface area contributed by atoms with E-state index in [4.69, 9.17) is 5.73 Å². The molecule has 158 valence electrons. The zero-order valence-corrected chi connectivity index (χ0v) is 16.2. The molecule has 1 unspecified atom stereocenters. The lowest BCUT2D eigenvalue weighted by Crippen LogP contribution is -2.41. The average Bonchev–Trinajstić information content (AvgIpc) is 2.99. The number of nitrogens with two attached hydrogens (primary N) is 1. The summed E-state index contributed by atoms with van der Waals surface area (Å²) in [5.74, 6) is -1.81. The summed E-state index contributed by atoms with van der Waals surface area (Å²) in [6.07, 6.45) is -3.85. The van der Waals surface area contributed by atoms with Gasteiger partial charge in [0, 0.05) is 18.8 Å². The highest BCUT2D eigenvalue weighted by Crippen LogP contribution is 2.43. The van der Waals surface area contributed by atoms with Crippen LogP contribution in [0.2, 0.25) is 0 Å². The van der Waals surface area contributed by atoms with Crippen molar-refractivity contribution in [1.82, 2.24) is 9.88 Å². The molecule has 3 aromatic rings. The van der Waals surface area contributed by atoms with Crippen molar-refractivity contribution in [2.24, 2.45) is 10.7 Å². The first-order valence-electron chi connectivity index (χ1n) is 9.17. The first-order valence-corrected chi connectivity index (χ1v) is 9.17. The van der Waals surface area contributed by atoms with Gasteiger partial charge in [0.2, 0.25) is 0 Å². The van der Waals surface area contributed by atoms with E-state index in [1.807, 2.05) is 6.07 Å². The number of aromatic nitrogens is 1. The van der Waals surface area contributed by atoms with Crippen LogP contribution in [-0.4, -0.2) is 28.8 Å². The van der Waals surface area contributed by atoms with Crippen LogP contribution in [0.3, 0.4) is 0 Å². The Morgan fingerprint density at radius 1 is 1.00 bits per heavy atom. The quantitative estimate of drug-likeness (QED) is 0.643. The highest BCUT2D eigenvalue weighted by molar-refractivity contribution is 6.09. The second kappa shape index (κ2) is 7.19. The number of amides is 1. The summed E-state index contributed by atoms with van der Waals surface area (Å²) >= 11 is 0. The van der Waals surface area contributed by atoms with E-state index >= 15 is 4.39 Å². The first kappa shape index (κ1) is 20.5. The fourth-order valence-electron chi connectivity index (χ4n) is 3.58. The number of nitrogens with zero attached hydrogens (tertiary/aromatic N) is 3. The smallest absolute Gasteiger partial charge is 0.369 e. The summed E-state index contributed by atoms with van der Waals surface area (Å²) in [5, 5.41) is 0. The van der Waals surface area contributed by atoms with Gasteiger partial charge in [0.05, 0.1) is 0 Å². The SMILES string of the molecule is CN1C(=O)C(c2ccnc(C(F)(F)F)c2)(c2cc(-c3ccccc3)ccc2F)N=C1N. The number of aliphatic imine (C=N–C) groups is 1. The molecular formula is C22H16F4N4O. The Hall–Kier alpha value is -3.75. The topological polar surface area (TPSA) is 71.6 Å². The standard InChI is InChI=1S/C22H16F4N4O/c1-30-19(31)21(29-20(30)27,15-9-10-28-18(12-15)22(24,25)26)16-11-14(7-8-17(16)23)13-5-3-2-4-6-13/h2-12H,1H3,(H2,27,29). The van der Waals surface area contributed by atoms with Crippen molar-refractivity contribution >= 4 is 11.9 Å². The Kier molecular flexibility index (Phi) is 4.76. The van der Waals surface area contributed by atoms with Crippen molar-refractivity contribution in [3.8, 4) is 11.1 Å². The minimum atomic E-state index is -4.76. The van der Waals surface area contributed by atoms with E-state index in [1.54, 1.807) is 24.3 Å². The minimum absolute atomic E-state index is 0.184. The normalized spacial score (nSPS) is 18.9. The summed E-state index contributed by atoms with van der Waals surface area (Å²) in [4.78, 5) is 21.8. The van der Waals surface area contributed by atoms with Gasteiger partial charge in [0.15, 0.2) is 11.5 Å². The lowest BCUT2D eigenvalue weighted by Gasteiger charge is -2.27. The molecule has 0 aliphatic carbocycles. The summed E-state index contributed by atoms with van der Waals surface area (Å²) in [6, 6.07) is 15.0. The molecule has 1 atom stereocenters. The van der Waals surface area contributed by atoms with Gasteiger partial charge >= 0.3 is 6.18 Å². The third-order valence-corrected chi connectivity index (χ3v) is 5.17. The van der Waals surface area contributed by atoms with Crippen LogP contribution in [0.25, 0.3) is 11.1 Å². The number of pyridine rings is 1. The lowest BCUT2D eigenvalue weighted by molar-refractivity contribution is -0.141. The molecule has 2 N–H and O–H groups in total. The lowest BCUT2D eigenvalue weighted by atomic mass is 9.81. The van der Waals surface area contributed by atoms with E-state index in [1.165, 1.54) is 25.2 Å². The van der Waals surface area contributed by atoms with Crippen LogP contribution >= 0.6 is 0 Å². The molecule has 0 saturated carbocycles. The molecule has 0 spiro atoms. The van der Waals surface area contributed by atoms with Gasteiger partial charge in [-0.1, -0.05) is 36.4 Å². The second-order valence-electron chi connectivity index (χ2n) is 7.03. The minimum Gasteiger partial charge on any atom is -0.369 e. The number of likely N-dealkylation sites (N-methyl/N-ethyl adjacent to an activating group) is 1.